The Morgan fingerprint density at radius 2 is 1.77 bits per heavy atom. The fourth-order valence-corrected chi connectivity index (χ4v) is 3.47. The number of carbonyl (C=O) groups is 1. The van der Waals surface area contributed by atoms with Crippen molar-refractivity contribution in [3.63, 3.8) is 0 Å². The number of carboxylic acid groups (broad SMARTS) is 1. The number of allylic oxidation sites excluding steroid dienone is 1. The SMILES string of the molecule is O=C([O-])CC/C(=C\c1ccc(C(F)(F)F)cc1)c1nc2ccccc2s1. The average Bonchev–Trinajstić information content (AvgIpc) is 3.02. The molecule has 26 heavy (non-hydrogen) atoms. The summed E-state index contributed by atoms with van der Waals surface area (Å²) in [7, 11) is 0. The molecule has 0 aliphatic carbocycles. The third-order valence-electron chi connectivity index (χ3n) is 3.75. The third-order valence-corrected chi connectivity index (χ3v) is 4.86. The molecular formula is C19H13F3NO2S-. The second-order valence-corrected chi connectivity index (χ2v) is 6.68. The van der Waals surface area contributed by atoms with E-state index >= 15 is 0 Å². The number of carboxylic acids is 1. The lowest BCUT2D eigenvalue weighted by Crippen LogP contribution is -2.21. The van der Waals surface area contributed by atoms with Crippen LogP contribution in [-0.4, -0.2) is 11.0 Å². The van der Waals surface area contributed by atoms with Gasteiger partial charge in [-0.15, -0.1) is 11.3 Å². The van der Waals surface area contributed by atoms with E-state index in [4.69, 9.17) is 0 Å². The van der Waals surface area contributed by atoms with Crippen molar-refractivity contribution < 1.29 is 23.1 Å². The highest BCUT2D eigenvalue weighted by Gasteiger charge is 2.29. The summed E-state index contributed by atoms with van der Waals surface area (Å²) in [5, 5.41) is 11.5. The molecule has 0 bridgehead atoms. The molecule has 0 unspecified atom stereocenters. The zero-order chi connectivity index (χ0) is 18.7. The zero-order valence-corrected chi connectivity index (χ0v) is 14.2. The van der Waals surface area contributed by atoms with Gasteiger partial charge in [0.2, 0.25) is 0 Å². The monoisotopic (exact) mass is 376 g/mol. The highest BCUT2D eigenvalue weighted by atomic mass is 32.1. The summed E-state index contributed by atoms with van der Waals surface area (Å²) in [6, 6.07) is 12.2. The largest absolute Gasteiger partial charge is 0.550 e. The number of carbonyl (C=O) groups excluding carboxylic acids is 1. The van der Waals surface area contributed by atoms with Gasteiger partial charge in [0.25, 0.3) is 0 Å². The molecule has 0 atom stereocenters. The summed E-state index contributed by atoms with van der Waals surface area (Å²) < 4.78 is 39.0. The number of alkyl halides is 3. The van der Waals surface area contributed by atoms with E-state index < -0.39 is 17.7 Å². The molecule has 7 heteroatoms. The number of rotatable bonds is 5. The molecule has 0 saturated carbocycles. The number of hydrogen-bond acceptors (Lipinski definition) is 4. The predicted molar refractivity (Wildman–Crippen MR) is 93.2 cm³/mol. The minimum absolute atomic E-state index is 0.184. The van der Waals surface area contributed by atoms with E-state index in [-0.39, 0.29) is 12.8 Å². The molecule has 1 heterocycles. The van der Waals surface area contributed by atoms with E-state index in [2.05, 4.69) is 4.98 Å². The van der Waals surface area contributed by atoms with Crippen molar-refractivity contribution >= 4 is 39.2 Å². The molecule has 3 aromatic rings. The minimum atomic E-state index is -4.40. The summed E-state index contributed by atoms with van der Waals surface area (Å²) in [4.78, 5) is 15.3. The molecule has 0 aliphatic rings. The number of para-hydroxylation sites is 1. The molecule has 1 aromatic heterocycles. The second kappa shape index (κ2) is 7.29. The highest BCUT2D eigenvalue weighted by Crippen LogP contribution is 2.32. The van der Waals surface area contributed by atoms with Gasteiger partial charge in [-0.3, -0.25) is 0 Å². The van der Waals surface area contributed by atoms with Crippen molar-refractivity contribution in [2.24, 2.45) is 0 Å². The summed E-state index contributed by atoms with van der Waals surface area (Å²) in [6.45, 7) is 0. The molecule has 0 saturated heterocycles. The van der Waals surface area contributed by atoms with Gasteiger partial charge in [0.15, 0.2) is 0 Å². The first-order chi connectivity index (χ1) is 12.3. The average molecular weight is 376 g/mol. The van der Waals surface area contributed by atoms with Crippen LogP contribution in [0.5, 0.6) is 0 Å². The van der Waals surface area contributed by atoms with Gasteiger partial charge in [0.1, 0.15) is 5.01 Å². The van der Waals surface area contributed by atoms with E-state index in [1.165, 1.54) is 23.5 Å². The Hall–Kier alpha value is -2.67. The molecule has 134 valence electrons. The van der Waals surface area contributed by atoms with Crippen molar-refractivity contribution in [2.75, 3.05) is 0 Å². The van der Waals surface area contributed by atoms with Crippen LogP contribution in [0.2, 0.25) is 0 Å². The van der Waals surface area contributed by atoms with Crippen LogP contribution in [0.25, 0.3) is 21.9 Å². The lowest BCUT2D eigenvalue weighted by molar-refractivity contribution is -0.305. The summed E-state index contributed by atoms with van der Waals surface area (Å²) >= 11 is 1.41. The normalized spacial score (nSPS) is 12.5. The Labute approximate surface area is 151 Å². The molecule has 0 spiro atoms. The Morgan fingerprint density at radius 3 is 2.38 bits per heavy atom. The van der Waals surface area contributed by atoms with E-state index in [0.717, 1.165) is 22.3 Å². The second-order valence-electron chi connectivity index (χ2n) is 5.65. The van der Waals surface area contributed by atoms with Crippen LogP contribution in [0.3, 0.4) is 0 Å². The smallest absolute Gasteiger partial charge is 0.416 e. The molecule has 2 aromatic carbocycles. The Kier molecular flexibility index (Phi) is 5.08. The maximum Gasteiger partial charge on any atom is 0.416 e. The molecule has 0 aliphatic heterocycles. The Balaban J connectivity index is 1.97. The van der Waals surface area contributed by atoms with Crippen molar-refractivity contribution in [2.45, 2.75) is 19.0 Å². The number of fused-ring (bicyclic) bond motifs is 1. The maximum absolute atomic E-state index is 12.7. The first-order valence-corrected chi connectivity index (χ1v) is 8.58. The number of thiazole rings is 1. The molecule has 0 N–H and O–H groups in total. The van der Waals surface area contributed by atoms with Crippen molar-refractivity contribution in [1.29, 1.82) is 0 Å². The van der Waals surface area contributed by atoms with Gasteiger partial charge in [0, 0.05) is 5.97 Å². The van der Waals surface area contributed by atoms with Gasteiger partial charge in [-0.05, 0) is 54.3 Å². The van der Waals surface area contributed by atoms with Gasteiger partial charge in [-0.1, -0.05) is 24.3 Å². The lowest BCUT2D eigenvalue weighted by atomic mass is 10.1. The zero-order valence-electron chi connectivity index (χ0n) is 13.4. The number of aliphatic carboxylic acids is 1. The minimum Gasteiger partial charge on any atom is -0.550 e. The number of nitrogens with zero attached hydrogens (tertiary/aromatic N) is 1. The number of hydrogen-bond donors (Lipinski definition) is 0. The molecule has 3 rings (SSSR count). The Bertz CT molecular complexity index is 926. The van der Waals surface area contributed by atoms with E-state index in [1.807, 2.05) is 24.3 Å². The Morgan fingerprint density at radius 1 is 1.08 bits per heavy atom. The highest BCUT2D eigenvalue weighted by molar-refractivity contribution is 7.19. The third kappa shape index (κ3) is 4.29. The van der Waals surface area contributed by atoms with Crippen molar-refractivity contribution in [3.05, 3.63) is 64.7 Å². The van der Waals surface area contributed by atoms with Crippen molar-refractivity contribution in [1.82, 2.24) is 4.98 Å². The van der Waals surface area contributed by atoms with Crippen LogP contribution in [-0.2, 0) is 11.0 Å². The van der Waals surface area contributed by atoms with Crippen LogP contribution in [0.1, 0.15) is 29.0 Å². The molecule has 3 nitrogen and oxygen atoms in total. The number of aromatic nitrogens is 1. The molecule has 0 radical (unpaired) electrons. The van der Waals surface area contributed by atoms with Crippen LogP contribution in [0.4, 0.5) is 13.2 Å². The maximum atomic E-state index is 12.7. The van der Waals surface area contributed by atoms with Crippen LogP contribution < -0.4 is 5.11 Å². The molecular weight excluding hydrogens is 363 g/mol. The van der Waals surface area contributed by atoms with Gasteiger partial charge in [0.05, 0.1) is 15.8 Å². The van der Waals surface area contributed by atoms with Gasteiger partial charge >= 0.3 is 6.18 Å². The quantitative estimate of drug-likeness (QED) is 0.664. The first kappa shape index (κ1) is 18.1. The van der Waals surface area contributed by atoms with E-state index in [1.54, 1.807) is 6.08 Å². The number of benzene rings is 2. The van der Waals surface area contributed by atoms with Crippen LogP contribution >= 0.6 is 11.3 Å². The summed E-state index contributed by atoms with van der Waals surface area (Å²) in [6.07, 6.45) is -2.74. The van der Waals surface area contributed by atoms with Gasteiger partial charge in [-0.25, -0.2) is 4.98 Å². The van der Waals surface area contributed by atoms with Crippen LogP contribution in [0, 0.1) is 0 Å². The summed E-state index contributed by atoms with van der Waals surface area (Å²) in [5.41, 5.74) is 1.26. The topological polar surface area (TPSA) is 53.0 Å². The molecule has 0 fully saturated rings. The van der Waals surface area contributed by atoms with Crippen molar-refractivity contribution in [3.8, 4) is 0 Å². The predicted octanol–water partition coefficient (Wildman–Crippen LogP) is 4.39. The van der Waals surface area contributed by atoms with Gasteiger partial charge < -0.3 is 9.90 Å². The van der Waals surface area contributed by atoms with E-state index in [9.17, 15) is 23.1 Å². The fourth-order valence-electron chi connectivity index (χ4n) is 2.46. The van der Waals surface area contributed by atoms with Crippen LogP contribution in [0.15, 0.2) is 48.5 Å². The van der Waals surface area contributed by atoms with E-state index in [0.29, 0.717) is 16.1 Å². The molecule has 0 amide bonds. The number of halogens is 3. The standard InChI is InChI=1S/C19H14F3NO2S/c20-19(21,22)14-8-5-12(6-9-14)11-13(7-10-17(24)25)18-23-15-3-1-2-4-16(15)26-18/h1-6,8-9,11H,7,10H2,(H,24,25)/p-1/b13-11+. The summed E-state index contributed by atoms with van der Waals surface area (Å²) in [5.74, 6) is -1.19. The first-order valence-electron chi connectivity index (χ1n) is 7.76. The van der Waals surface area contributed by atoms with Gasteiger partial charge in [-0.2, -0.15) is 13.2 Å². The lowest BCUT2D eigenvalue weighted by Gasteiger charge is -2.08. The fraction of sp³-hybridized carbons (Fsp3) is 0.158.